The molecule has 4 heteroatoms. The molecule has 0 saturated heterocycles. The number of hydrogen-bond acceptors (Lipinski definition) is 2. The van der Waals surface area contributed by atoms with Gasteiger partial charge in [0.2, 0.25) is 5.91 Å². The minimum Gasteiger partial charge on any atom is -0.480 e. The summed E-state index contributed by atoms with van der Waals surface area (Å²) in [6, 6.07) is 0. The largest absolute Gasteiger partial charge is 0.480 e. The highest BCUT2D eigenvalue weighted by Crippen LogP contribution is 2.21. The van der Waals surface area contributed by atoms with Crippen LogP contribution in [-0.4, -0.2) is 24.0 Å². The molecular weight excluding hydrogens is 158 g/mol. The summed E-state index contributed by atoms with van der Waals surface area (Å²) < 4.78 is 0. The van der Waals surface area contributed by atoms with E-state index in [-0.39, 0.29) is 6.42 Å². The highest BCUT2D eigenvalue weighted by atomic mass is 16.4. The Labute approximate surface area is 71.3 Å². The second kappa shape index (κ2) is 3.90. The van der Waals surface area contributed by atoms with E-state index >= 15 is 0 Å². The van der Waals surface area contributed by atoms with E-state index in [1.54, 1.807) is 0 Å². The van der Waals surface area contributed by atoms with E-state index in [0.29, 0.717) is 0 Å². The molecule has 1 unspecified atom stereocenters. The van der Waals surface area contributed by atoms with Crippen molar-refractivity contribution in [3.8, 4) is 0 Å². The van der Waals surface area contributed by atoms with Crippen LogP contribution in [0.4, 0.5) is 0 Å². The lowest BCUT2D eigenvalue weighted by atomic mass is 9.86. The monoisotopic (exact) mass is 171 g/mol. The molecule has 0 aliphatic carbocycles. The molecule has 0 rings (SSSR count). The molecule has 0 saturated carbocycles. The minimum absolute atomic E-state index is 0.127. The zero-order chi connectivity index (χ0) is 9.78. The van der Waals surface area contributed by atoms with Crippen LogP contribution in [0.2, 0.25) is 0 Å². The average molecular weight is 171 g/mol. The Morgan fingerprint density at radius 3 is 2.42 bits per heavy atom. The SMILES string of the molecule is C=CCC(C)(C(=O)O)C(=O)NC. The van der Waals surface area contributed by atoms with Crippen LogP contribution in [0.3, 0.4) is 0 Å². The van der Waals surface area contributed by atoms with Crippen LogP contribution in [-0.2, 0) is 9.59 Å². The first-order valence-electron chi connectivity index (χ1n) is 3.55. The fraction of sp³-hybridized carbons (Fsp3) is 0.500. The number of rotatable bonds is 4. The number of nitrogens with one attached hydrogen (secondary N) is 1. The predicted octanol–water partition coefficient (Wildman–Crippen LogP) is 0.399. The molecule has 68 valence electrons. The summed E-state index contributed by atoms with van der Waals surface area (Å²) in [5.74, 6) is -1.64. The van der Waals surface area contributed by atoms with Crippen molar-refractivity contribution < 1.29 is 14.7 Å². The van der Waals surface area contributed by atoms with Gasteiger partial charge in [-0.15, -0.1) is 6.58 Å². The van der Waals surface area contributed by atoms with Crippen LogP contribution in [0.15, 0.2) is 12.7 Å². The van der Waals surface area contributed by atoms with Crippen LogP contribution < -0.4 is 5.32 Å². The highest BCUT2D eigenvalue weighted by molar-refractivity contribution is 6.01. The van der Waals surface area contributed by atoms with Gasteiger partial charge in [-0.25, -0.2) is 0 Å². The summed E-state index contributed by atoms with van der Waals surface area (Å²) in [5, 5.41) is 11.1. The van der Waals surface area contributed by atoms with E-state index in [1.807, 2.05) is 0 Å². The van der Waals surface area contributed by atoms with Gasteiger partial charge in [0.1, 0.15) is 5.41 Å². The molecule has 0 aliphatic rings. The van der Waals surface area contributed by atoms with Crippen molar-refractivity contribution in [3.05, 3.63) is 12.7 Å². The Bertz CT molecular complexity index is 212. The Kier molecular flexibility index (Phi) is 3.47. The number of aliphatic carboxylic acids is 1. The fourth-order valence-electron chi connectivity index (χ4n) is 0.842. The summed E-state index contributed by atoms with van der Waals surface area (Å²) in [6.45, 7) is 4.77. The summed E-state index contributed by atoms with van der Waals surface area (Å²) in [6.07, 6.45) is 1.55. The van der Waals surface area contributed by atoms with Crippen LogP contribution in [0.5, 0.6) is 0 Å². The normalized spacial score (nSPS) is 14.5. The molecule has 0 aromatic rings. The zero-order valence-corrected chi connectivity index (χ0v) is 7.26. The van der Waals surface area contributed by atoms with Crippen molar-refractivity contribution >= 4 is 11.9 Å². The zero-order valence-electron chi connectivity index (χ0n) is 7.26. The lowest BCUT2D eigenvalue weighted by Gasteiger charge is -2.20. The summed E-state index contributed by atoms with van der Waals surface area (Å²) >= 11 is 0. The van der Waals surface area contributed by atoms with Crippen molar-refractivity contribution in [1.29, 1.82) is 0 Å². The molecule has 0 bridgehead atoms. The first-order valence-corrected chi connectivity index (χ1v) is 3.55. The Morgan fingerprint density at radius 2 is 2.17 bits per heavy atom. The minimum atomic E-state index is -1.39. The lowest BCUT2D eigenvalue weighted by Crippen LogP contribution is -2.42. The summed E-state index contributed by atoms with van der Waals surface area (Å²) in [7, 11) is 1.41. The molecular formula is C8H13NO3. The maximum Gasteiger partial charge on any atom is 0.319 e. The second-order valence-electron chi connectivity index (χ2n) is 2.71. The van der Waals surface area contributed by atoms with Gasteiger partial charge in [-0.2, -0.15) is 0 Å². The lowest BCUT2D eigenvalue weighted by molar-refractivity contribution is -0.154. The van der Waals surface area contributed by atoms with Gasteiger partial charge >= 0.3 is 5.97 Å². The summed E-state index contributed by atoms with van der Waals surface area (Å²) in [5.41, 5.74) is -1.39. The van der Waals surface area contributed by atoms with Crippen molar-refractivity contribution in [2.45, 2.75) is 13.3 Å². The smallest absolute Gasteiger partial charge is 0.319 e. The van der Waals surface area contributed by atoms with Gasteiger partial charge in [0.05, 0.1) is 0 Å². The van der Waals surface area contributed by atoms with E-state index in [4.69, 9.17) is 5.11 Å². The summed E-state index contributed by atoms with van der Waals surface area (Å²) in [4.78, 5) is 21.8. The van der Waals surface area contributed by atoms with E-state index in [1.165, 1.54) is 20.0 Å². The highest BCUT2D eigenvalue weighted by Gasteiger charge is 2.39. The maximum atomic E-state index is 11.1. The van der Waals surface area contributed by atoms with Gasteiger partial charge < -0.3 is 10.4 Å². The maximum absolute atomic E-state index is 11.1. The number of carboxylic acids is 1. The third kappa shape index (κ3) is 1.84. The van der Waals surface area contributed by atoms with Crippen molar-refractivity contribution in [2.24, 2.45) is 5.41 Å². The molecule has 0 spiro atoms. The van der Waals surface area contributed by atoms with Crippen LogP contribution in [0.25, 0.3) is 0 Å². The second-order valence-corrected chi connectivity index (χ2v) is 2.71. The molecule has 0 fully saturated rings. The first-order chi connectivity index (χ1) is 5.49. The molecule has 12 heavy (non-hydrogen) atoms. The molecule has 0 aromatic heterocycles. The van der Waals surface area contributed by atoms with Crippen LogP contribution in [0, 0.1) is 5.41 Å². The molecule has 0 radical (unpaired) electrons. The van der Waals surface area contributed by atoms with Crippen LogP contribution >= 0.6 is 0 Å². The third-order valence-electron chi connectivity index (χ3n) is 1.75. The molecule has 2 N–H and O–H groups in total. The van der Waals surface area contributed by atoms with Crippen LogP contribution in [0.1, 0.15) is 13.3 Å². The third-order valence-corrected chi connectivity index (χ3v) is 1.75. The molecule has 0 aliphatic heterocycles. The van der Waals surface area contributed by atoms with Gasteiger partial charge in [-0.1, -0.05) is 6.08 Å². The van der Waals surface area contributed by atoms with Gasteiger partial charge in [0.25, 0.3) is 0 Å². The topological polar surface area (TPSA) is 66.4 Å². The quantitative estimate of drug-likeness (QED) is 0.475. The molecule has 0 heterocycles. The number of carbonyl (C=O) groups excluding carboxylic acids is 1. The number of allylic oxidation sites excluding steroid dienone is 1. The van der Waals surface area contributed by atoms with Gasteiger partial charge in [-0.3, -0.25) is 9.59 Å². The number of amides is 1. The van der Waals surface area contributed by atoms with E-state index in [0.717, 1.165) is 0 Å². The van der Waals surface area contributed by atoms with Gasteiger partial charge in [-0.05, 0) is 13.3 Å². The van der Waals surface area contributed by atoms with E-state index in [9.17, 15) is 9.59 Å². The van der Waals surface area contributed by atoms with Crippen molar-refractivity contribution in [3.63, 3.8) is 0 Å². The van der Waals surface area contributed by atoms with Crippen molar-refractivity contribution in [1.82, 2.24) is 5.32 Å². The average Bonchev–Trinajstić information content (AvgIpc) is 2.03. The van der Waals surface area contributed by atoms with E-state index < -0.39 is 17.3 Å². The Hall–Kier alpha value is -1.32. The standard InChI is InChI=1S/C8H13NO3/c1-4-5-8(2,7(11)12)6(10)9-3/h4H,1,5H2,2-3H3,(H,9,10)(H,11,12). The molecule has 4 nitrogen and oxygen atoms in total. The number of hydrogen-bond donors (Lipinski definition) is 2. The molecule has 0 aromatic carbocycles. The van der Waals surface area contributed by atoms with Gasteiger partial charge in [0, 0.05) is 7.05 Å². The Balaban J connectivity index is 4.72. The van der Waals surface area contributed by atoms with Crippen molar-refractivity contribution in [2.75, 3.05) is 7.05 Å². The first kappa shape index (κ1) is 10.7. The van der Waals surface area contributed by atoms with Gasteiger partial charge in [0.15, 0.2) is 0 Å². The van der Waals surface area contributed by atoms with E-state index in [2.05, 4.69) is 11.9 Å². The molecule has 1 amide bonds. The molecule has 1 atom stereocenters. The fourth-order valence-corrected chi connectivity index (χ4v) is 0.842. The predicted molar refractivity (Wildman–Crippen MR) is 44.6 cm³/mol. The number of carboxylic acid groups (broad SMARTS) is 1. The Morgan fingerprint density at radius 1 is 1.67 bits per heavy atom. The number of carbonyl (C=O) groups is 2.